The van der Waals surface area contributed by atoms with Crippen molar-refractivity contribution in [1.29, 1.82) is 0 Å². The highest BCUT2D eigenvalue weighted by Gasteiger charge is 2.26. The lowest BCUT2D eigenvalue weighted by Crippen LogP contribution is -2.21. The molecule has 0 aliphatic carbocycles. The van der Waals surface area contributed by atoms with Gasteiger partial charge >= 0.3 is 0 Å². The fourth-order valence-electron chi connectivity index (χ4n) is 2.26. The molecule has 1 aliphatic heterocycles. The second-order valence-corrected chi connectivity index (χ2v) is 7.51. The highest BCUT2D eigenvalue weighted by atomic mass is 16.5. The van der Waals surface area contributed by atoms with Crippen LogP contribution in [0.4, 0.5) is 5.69 Å². The number of ether oxygens (including phenoxy) is 1. The minimum absolute atomic E-state index is 0.0308. The first-order valence-corrected chi connectivity index (χ1v) is 8.24. The molecule has 0 radical (unpaired) electrons. The molecule has 2 nitrogen and oxygen atoms in total. The standard InChI is InChI=1S/C17H17NO.C4H10/c1-17(2,3)16-12-8-4-6-10-14(12)19-15-11-7-5-9-13(15)18-16;1-4(2)3/h4-11H,1-3H3;4H,1-3H3. The number of fused-ring (bicyclic) bond motifs is 2. The summed E-state index contributed by atoms with van der Waals surface area (Å²) in [4.78, 5) is 4.84. The summed E-state index contributed by atoms with van der Waals surface area (Å²) in [6, 6.07) is 16.0. The summed E-state index contributed by atoms with van der Waals surface area (Å²) >= 11 is 0. The van der Waals surface area contributed by atoms with Crippen LogP contribution in [0.5, 0.6) is 11.5 Å². The highest BCUT2D eigenvalue weighted by Crippen LogP contribution is 2.40. The van der Waals surface area contributed by atoms with E-state index in [4.69, 9.17) is 9.73 Å². The second-order valence-electron chi connectivity index (χ2n) is 7.51. The first-order valence-electron chi connectivity index (χ1n) is 8.24. The van der Waals surface area contributed by atoms with E-state index in [-0.39, 0.29) is 5.41 Å². The van der Waals surface area contributed by atoms with Crippen LogP contribution >= 0.6 is 0 Å². The third-order valence-electron chi connectivity index (χ3n) is 3.17. The molecule has 23 heavy (non-hydrogen) atoms. The lowest BCUT2D eigenvalue weighted by atomic mass is 9.85. The molecule has 122 valence electrons. The van der Waals surface area contributed by atoms with Crippen LogP contribution in [0.25, 0.3) is 0 Å². The van der Waals surface area contributed by atoms with Crippen molar-refractivity contribution in [3.05, 3.63) is 54.1 Å². The van der Waals surface area contributed by atoms with E-state index in [1.54, 1.807) is 0 Å². The predicted octanol–water partition coefficient (Wildman–Crippen LogP) is 6.62. The zero-order chi connectivity index (χ0) is 17.0. The molecule has 2 aromatic carbocycles. The molecule has 0 fully saturated rings. The Morgan fingerprint density at radius 3 is 1.96 bits per heavy atom. The van der Waals surface area contributed by atoms with E-state index in [1.165, 1.54) is 0 Å². The summed E-state index contributed by atoms with van der Waals surface area (Å²) in [5.74, 6) is 2.52. The molecule has 0 bridgehead atoms. The number of rotatable bonds is 0. The van der Waals surface area contributed by atoms with Gasteiger partial charge in [0.15, 0.2) is 5.75 Å². The summed E-state index contributed by atoms with van der Waals surface area (Å²) in [6.07, 6.45) is 0. The van der Waals surface area contributed by atoms with Gasteiger partial charge in [-0.25, -0.2) is 4.99 Å². The fraction of sp³-hybridized carbons (Fsp3) is 0.381. The number of benzene rings is 2. The number of aliphatic imine (C=N–C) groups is 1. The average Bonchev–Trinajstić information content (AvgIpc) is 2.62. The van der Waals surface area contributed by atoms with Gasteiger partial charge in [0, 0.05) is 11.0 Å². The Morgan fingerprint density at radius 1 is 0.826 bits per heavy atom. The molecule has 2 aromatic rings. The second kappa shape index (κ2) is 6.99. The van der Waals surface area contributed by atoms with Crippen LogP contribution in [0.3, 0.4) is 0 Å². The monoisotopic (exact) mass is 309 g/mol. The van der Waals surface area contributed by atoms with Crippen LogP contribution in [0.2, 0.25) is 0 Å². The van der Waals surface area contributed by atoms with Gasteiger partial charge in [0.1, 0.15) is 11.4 Å². The van der Waals surface area contributed by atoms with Crippen LogP contribution in [0.1, 0.15) is 47.1 Å². The largest absolute Gasteiger partial charge is 0.454 e. The van der Waals surface area contributed by atoms with Crippen LogP contribution < -0.4 is 4.74 Å². The van der Waals surface area contributed by atoms with Crippen molar-refractivity contribution >= 4 is 11.4 Å². The van der Waals surface area contributed by atoms with Crippen molar-refractivity contribution < 1.29 is 4.74 Å². The molecule has 0 atom stereocenters. The molecule has 0 spiro atoms. The van der Waals surface area contributed by atoms with Crippen molar-refractivity contribution in [3.8, 4) is 11.5 Å². The maximum atomic E-state index is 6.01. The van der Waals surface area contributed by atoms with Crippen LogP contribution in [0, 0.1) is 11.3 Å². The third kappa shape index (κ3) is 4.44. The molecule has 0 aromatic heterocycles. The van der Waals surface area contributed by atoms with E-state index in [1.807, 2.05) is 42.5 Å². The SMILES string of the molecule is CC(C)(C)C1=Nc2ccccc2Oc2ccccc21.CC(C)C. The van der Waals surface area contributed by atoms with Gasteiger partial charge in [-0.3, -0.25) is 0 Å². The minimum Gasteiger partial charge on any atom is -0.454 e. The highest BCUT2D eigenvalue weighted by molar-refractivity contribution is 6.08. The van der Waals surface area contributed by atoms with Gasteiger partial charge in [0.05, 0.1) is 5.71 Å². The van der Waals surface area contributed by atoms with E-state index < -0.39 is 0 Å². The molecule has 0 amide bonds. The van der Waals surface area contributed by atoms with Crippen molar-refractivity contribution in [3.63, 3.8) is 0 Å². The molecule has 1 heterocycles. The summed E-state index contributed by atoms with van der Waals surface area (Å²) in [7, 11) is 0. The van der Waals surface area contributed by atoms with Crippen LogP contribution in [0.15, 0.2) is 53.5 Å². The van der Waals surface area contributed by atoms with Crippen molar-refractivity contribution in [2.24, 2.45) is 16.3 Å². The fourth-order valence-corrected chi connectivity index (χ4v) is 2.26. The van der Waals surface area contributed by atoms with Gasteiger partial charge in [-0.1, -0.05) is 65.8 Å². The predicted molar refractivity (Wildman–Crippen MR) is 99.1 cm³/mol. The summed E-state index contributed by atoms with van der Waals surface area (Å²) in [5.41, 5.74) is 3.00. The Labute approximate surface area is 140 Å². The number of para-hydroxylation sites is 3. The van der Waals surface area contributed by atoms with Gasteiger partial charge in [-0.2, -0.15) is 0 Å². The Bertz CT molecular complexity index is 690. The van der Waals surface area contributed by atoms with Gasteiger partial charge < -0.3 is 4.74 Å². The number of hydrogen-bond donors (Lipinski definition) is 0. The van der Waals surface area contributed by atoms with E-state index in [9.17, 15) is 0 Å². The first kappa shape index (κ1) is 17.3. The van der Waals surface area contributed by atoms with Gasteiger partial charge in [-0.15, -0.1) is 0 Å². The number of hydrogen-bond acceptors (Lipinski definition) is 2. The minimum atomic E-state index is -0.0308. The zero-order valence-electron chi connectivity index (χ0n) is 15.1. The van der Waals surface area contributed by atoms with E-state index in [0.717, 1.165) is 34.4 Å². The van der Waals surface area contributed by atoms with Crippen molar-refractivity contribution in [1.82, 2.24) is 0 Å². The lowest BCUT2D eigenvalue weighted by Gasteiger charge is -2.21. The molecule has 0 saturated carbocycles. The third-order valence-corrected chi connectivity index (χ3v) is 3.17. The normalized spacial score (nSPS) is 12.9. The molecular formula is C21H27NO. The first-order chi connectivity index (χ1) is 10.8. The summed E-state index contributed by atoms with van der Waals surface area (Å²) in [6.45, 7) is 13.0. The summed E-state index contributed by atoms with van der Waals surface area (Å²) in [5, 5.41) is 0. The molecular weight excluding hydrogens is 282 g/mol. The molecule has 0 N–H and O–H groups in total. The molecule has 2 heteroatoms. The van der Waals surface area contributed by atoms with Gasteiger partial charge in [0.2, 0.25) is 0 Å². The van der Waals surface area contributed by atoms with Crippen LogP contribution in [-0.4, -0.2) is 5.71 Å². The average molecular weight is 309 g/mol. The Morgan fingerprint density at radius 2 is 1.35 bits per heavy atom. The van der Waals surface area contributed by atoms with Crippen molar-refractivity contribution in [2.45, 2.75) is 41.5 Å². The molecule has 1 aliphatic rings. The van der Waals surface area contributed by atoms with E-state index in [2.05, 4.69) is 47.6 Å². The zero-order valence-corrected chi connectivity index (χ0v) is 15.1. The maximum absolute atomic E-state index is 6.01. The molecule has 0 unspecified atom stereocenters. The van der Waals surface area contributed by atoms with E-state index in [0.29, 0.717) is 0 Å². The lowest BCUT2D eigenvalue weighted by molar-refractivity contribution is 0.484. The van der Waals surface area contributed by atoms with E-state index >= 15 is 0 Å². The quantitative estimate of drug-likeness (QED) is 0.535. The van der Waals surface area contributed by atoms with Crippen LogP contribution in [-0.2, 0) is 0 Å². The van der Waals surface area contributed by atoms with Crippen molar-refractivity contribution in [2.75, 3.05) is 0 Å². The smallest absolute Gasteiger partial charge is 0.153 e. The summed E-state index contributed by atoms with van der Waals surface area (Å²) < 4.78 is 6.01. The molecule has 0 saturated heterocycles. The van der Waals surface area contributed by atoms with Gasteiger partial charge in [-0.05, 0) is 30.2 Å². The topological polar surface area (TPSA) is 21.6 Å². The van der Waals surface area contributed by atoms with Gasteiger partial charge in [0.25, 0.3) is 0 Å². The maximum Gasteiger partial charge on any atom is 0.153 e. The Balaban J connectivity index is 0.000000433. The number of nitrogens with zero attached hydrogens (tertiary/aromatic N) is 1. The molecule has 3 rings (SSSR count). The Kier molecular flexibility index (Phi) is 5.25. The Hall–Kier alpha value is -2.09.